The number of thioether (sulfide) groups is 1. The van der Waals surface area contributed by atoms with Crippen molar-refractivity contribution in [3.63, 3.8) is 0 Å². The number of halogens is 2. The van der Waals surface area contributed by atoms with Gasteiger partial charge < -0.3 is 0 Å². The molecule has 318 valence electrons. The predicted molar refractivity (Wildman–Crippen MR) is 245 cm³/mol. The van der Waals surface area contributed by atoms with Crippen LogP contribution in [-0.2, 0) is 52.5 Å². The molecule has 0 unspecified atom stereocenters. The maximum absolute atomic E-state index is 13.3. The smallest absolute Gasteiger partial charge is 0.289 e. The Morgan fingerprint density at radius 3 is 1.44 bits per heavy atom. The Hall–Kier alpha value is -5.94. The van der Waals surface area contributed by atoms with Crippen LogP contribution in [0, 0.1) is 0 Å². The molecule has 0 amide bonds. The Kier molecular flexibility index (Phi) is 13.7. The van der Waals surface area contributed by atoms with E-state index in [1.54, 1.807) is 19.1 Å². The molecule has 0 saturated carbocycles. The number of hydrogen-bond acceptors (Lipinski definition) is 12. The minimum absolute atomic E-state index is 0.00634. The highest BCUT2D eigenvalue weighted by Gasteiger charge is 2.33. The number of Topliss-reactive ketones (excluding diaryl/α,β-unsaturated/α-hetero) is 1. The molecule has 4 heterocycles. The summed E-state index contributed by atoms with van der Waals surface area (Å²) in [4.78, 5) is 110. The van der Waals surface area contributed by atoms with Crippen LogP contribution in [-0.4, -0.2) is 51.4 Å². The van der Waals surface area contributed by atoms with E-state index in [0.29, 0.717) is 39.9 Å². The summed E-state index contributed by atoms with van der Waals surface area (Å²) in [6.45, 7) is 3.61. The van der Waals surface area contributed by atoms with Gasteiger partial charge in [-0.25, -0.2) is 19.6 Å². The van der Waals surface area contributed by atoms with Crippen LogP contribution in [0.5, 0.6) is 0 Å². The topological polar surface area (TPSA) is 182 Å². The van der Waals surface area contributed by atoms with E-state index in [-0.39, 0.29) is 55.9 Å². The zero-order valence-electron chi connectivity index (χ0n) is 34.2. The Morgan fingerprint density at radius 1 is 0.565 bits per heavy atom. The second-order valence-corrected chi connectivity index (χ2v) is 16.3. The van der Waals surface area contributed by atoms with Gasteiger partial charge in [0.15, 0.2) is 17.3 Å². The van der Waals surface area contributed by atoms with E-state index in [1.165, 1.54) is 66.8 Å². The lowest BCUT2D eigenvalue weighted by Crippen LogP contribution is -2.39. The molecule has 14 nitrogen and oxygen atoms in total. The molecule has 18 heteroatoms. The van der Waals surface area contributed by atoms with Gasteiger partial charge in [0.1, 0.15) is 11.3 Å². The van der Waals surface area contributed by atoms with Crippen LogP contribution in [0.3, 0.4) is 0 Å². The molecule has 4 aromatic heterocycles. The Balaban J connectivity index is 0.000000179. The molecule has 2 aromatic carbocycles. The summed E-state index contributed by atoms with van der Waals surface area (Å²) < 4.78 is 4.27. The molecule has 0 aliphatic heterocycles. The van der Waals surface area contributed by atoms with Gasteiger partial charge in [-0.05, 0) is 60.4 Å². The molecular weight excluding hydrogens is 876 g/mol. The van der Waals surface area contributed by atoms with Crippen molar-refractivity contribution in [2.75, 3.05) is 0 Å². The number of hydrogen-bond donors (Lipinski definition) is 1. The van der Waals surface area contributed by atoms with Crippen molar-refractivity contribution in [1.82, 2.24) is 28.2 Å². The summed E-state index contributed by atoms with van der Waals surface area (Å²) in [6, 6.07) is 14.9. The van der Waals surface area contributed by atoms with Gasteiger partial charge in [-0.15, -0.1) is 11.8 Å². The molecule has 62 heavy (non-hydrogen) atoms. The maximum Gasteiger partial charge on any atom is 0.332 e. The van der Waals surface area contributed by atoms with Crippen LogP contribution in [0.15, 0.2) is 90.8 Å². The summed E-state index contributed by atoms with van der Waals surface area (Å²) in [7, 11) is 5.63. The second-order valence-electron chi connectivity index (χ2n) is 14.1. The highest BCUT2D eigenvalue weighted by molar-refractivity contribution is 8.03. The summed E-state index contributed by atoms with van der Waals surface area (Å²) >= 11 is 16.9. The lowest BCUT2D eigenvalue weighted by molar-refractivity contribution is 0.0991. The molecule has 8 rings (SSSR count). The van der Waals surface area contributed by atoms with E-state index in [0.717, 1.165) is 31.5 Å². The number of benzene rings is 2. The van der Waals surface area contributed by atoms with Crippen LogP contribution in [0.1, 0.15) is 77.8 Å². The van der Waals surface area contributed by atoms with E-state index in [2.05, 4.69) is 22.6 Å². The molecule has 0 saturated heterocycles. The normalized spacial score (nSPS) is 13.0. The van der Waals surface area contributed by atoms with Crippen LogP contribution < -0.4 is 22.5 Å². The van der Waals surface area contributed by atoms with Gasteiger partial charge >= 0.3 is 11.4 Å². The number of ketones is 4. The molecule has 0 bridgehead atoms. The Morgan fingerprint density at radius 2 is 0.984 bits per heavy atom. The lowest BCUT2D eigenvalue weighted by atomic mass is 9.90. The summed E-state index contributed by atoms with van der Waals surface area (Å²) in [5, 5.41) is 1.40. The van der Waals surface area contributed by atoms with Crippen LogP contribution in [0.4, 0.5) is 0 Å². The van der Waals surface area contributed by atoms with E-state index >= 15 is 0 Å². The zero-order chi connectivity index (χ0) is 45.3. The fourth-order valence-electron chi connectivity index (χ4n) is 6.92. The predicted octanol–water partition coefficient (Wildman–Crippen LogP) is 5.94. The highest BCUT2D eigenvalue weighted by atomic mass is 35.5. The van der Waals surface area contributed by atoms with Gasteiger partial charge in [0.2, 0.25) is 5.78 Å². The van der Waals surface area contributed by atoms with E-state index in [9.17, 15) is 38.4 Å². The van der Waals surface area contributed by atoms with Gasteiger partial charge in [0.25, 0.3) is 11.1 Å². The SMILES string of the molecule is CCc1nc2c(c3c1C(=O)C(SCc1ccc(Cl)cc1)=CC3=O)c(=O)n(C)c(=O)n2C.CCc1nc2c(c3c1C(=O)C=CC3=O)c(=O)n(C)c(=O)n2C.SCc1ccc(Cl)cc1. The zero-order valence-corrected chi connectivity index (χ0v) is 37.5. The van der Waals surface area contributed by atoms with E-state index in [1.807, 2.05) is 43.3 Å². The third kappa shape index (κ3) is 8.47. The summed E-state index contributed by atoms with van der Waals surface area (Å²) in [6.07, 6.45) is 4.39. The first-order valence-electron chi connectivity index (χ1n) is 19.0. The van der Waals surface area contributed by atoms with Gasteiger partial charge in [-0.2, -0.15) is 12.6 Å². The third-order valence-electron chi connectivity index (χ3n) is 10.2. The average molecular weight is 914 g/mol. The van der Waals surface area contributed by atoms with E-state index in [4.69, 9.17) is 23.2 Å². The summed E-state index contributed by atoms with van der Waals surface area (Å²) in [5.74, 6) is -0.293. The molecule has 0 spiro atoms. The van der Waals surface area contributed by atoms with E-state index < -0.39 is 34.1 Å². The number of aryl methyl sites for hydroxylation is 4. The van der Waals surface area contributed by atoms with Crippen molar-refractivity contribution in [2.45, 2.75) is 38.2 Å². The highest BCUT2D eigenvalue weighted by Crippen LogP contribution is 2.34. The van der Waals surface area contributed by atoms with Crippen molar-refractivity contribution in [3.05, 3.63) is 168 Å². The van der Waals surface area contributed by atoms with Crippen molar-refractivity contribution in [2.24, 2.45) is 28.2 Å². The van der Waals surface area contributed by atoms with Gasteiger partial charge in [0.05, 0.1) is 49.3 Å². The first-order chi connectivity index (χ1) is 29.4. The molecule has 0 N–H and O–H groups in total. The average Bonchev–Trinajstić information content (AvgIpc) is 3.27. The maximum atomic E-state index is 13.3. The van der Waals surface area contributed by atoms with Gasteiger partial charge in [-0.1, -0.05) is 61.3 Å². The number of aromatic nitrogens is 6. The summed E-state index contributed by atoms with van der Waals surface area (Å²) in [5.41, 5.74) is 1.23. The minimum Gasteiger partial charge on any atom is -0.289 e. The molecule has 2 aliphatic carbocycles. The largest absolute Gasteiger partial charge is 0.332 e. The van der Waals surface area contributed by atoms with Gasteiger partial charge in [-0.3, -0.25) is 47.0 Å². The van der Waals surface area contributed by atoms with Crippen molar-refractivity contribution < 1.29 is 19.2 Å². The van der Waals surface area contributed by atoms with Crippen LogP contribution in [0.25, 0.3) is 22.1 Å². The fraction of sp³-hybridized carbons (Fsp3) is 0.227. The molecule has 0 atom stereocenters. The Labute approximate surface area is 372 Å². The lowest BCUT2D eigenvalue weighted by Gasteiger charge is -2.20. The Bertz CT molecular complexity index is 3200. The minimum atomic E-state index is -0.642. The molecule has 2 aliphatic rings. The van der Waals surface area contributed by atoms with Crippen molar-refractivity contribution in [3.8, 4) is 0 Å². The number of nitrogens with zero attached hydrogens (tertiary/aromatic N) is 6. The number of carbonyl (C=O) groups excluding carboxylic acids is 4. The molecule has 0 radical (unpaired) electrons. The first-order valence-corrected chi connectivity index (χ1v) is 21.4. The second kappa shape index (κ2) is 18.6. The first kappa shape index (κ1) is 45.6. The third-order valence-corrected chi connectivity index (χ3v) is 12.2. The number of pyridine rings is 2. The number of allylic oxidation sites excluding steroid dienone is 4. The van der Waals surface area contributed by atoms with Gasteiger partial charge in [0, 0.05) is 55.8 Å². The van der Waals surface area contributed by atoms with Crippen molar-refractivity contribution >= 4 is 92.8 Å². The molecular formula is C44H38Cl2N6O8S2. The quantitative estimate of drug-likeness (QED) is 0.195. The molecule has 0 fully saturated rings. The number of rotatable bonds is 6. The number of thiol groups is 1. The van der Waals surface area contributed by atoms with Crippen molar-refractivity contribution in [1.29, 1.82) is 0 Å². The molecule has 6 aromatic rings. The number of fused-ring (bicyclic) bond motifs is 6. The monoisotopic (exact) mass is 912 g/mol. The van der Waals surface area contributed by atoms with Crippen LogP contribution in [0.2, 0.25) is 10.0 Å². The fourth-order valence-corrected chi connectivity index (χ4v) is 8.32. The number of carbonyl (C=O) groups is 4. The standard InChI is InChI=1S/C22H18ClN3O4S.C15H13N3O4.C7H7ClS/c1-4-13-16-17(18-20(24-13)25(2)22(30)26(3)21(18)29)14(27)9-15(19(16)28)31-10-11-5-7-12(23)8-6-11;1-4-7-10-8(19)5-6-9(20)11(10)12-13(16-7)17(2)15(22)18(3)14(12)21;8-7-3-1-6(5-9)2-4-7/h5-9H,4,10H2,1-3H3;5-6H,4H2,1-3H3;1-4,9H,5H2. The van der Waals surface area contributed by atoms with Crippen LogP contribution >= 0.6 is 47.6 Å².